The fraction of sp³-hybridized carbons (Fsp3) is 0.241. The summed E-state index contributed by atoms with van der Waals surface area (Å²) in [4.78, 5) is 24.5. The second-order valence-corrected chi connectivity index (χ2v) is 9.58. The fourth-order valence-corrected chi connectivity index (χ4v) is 4.30. The zero-order valence-corrected chi connectivity index (χ0v) is 22.8. The third kappa shape index (κ3) is 5.77. The number of amides is 1. The topological polar surface area (TPSA) is 90.4 Å². The Morgan fingerprint density at radius 1 is 0.921 bits per heavy atom. The molecule has 8 nitrogen and oxygen atoms in total. The first-order chi connectivity index (χ1) is 18.2. The number of hydrogen-bond donors (Lipinski definition) is 2. The molecule has 0 fully saturated rings. The van der Waals surface area contributed by atoms with Crippen LogP contribution in [0.15, 0.2) is 65.7 Å². The second kappa shape index (κ2) is 11.6. The number of ether oxygens (including phenoxy) is 2. The third-order valence-corrected chi connectivity index (χ3v) is 6.45. The van der Waals surface area contributed by atoms with E-state index in [2.05, 4.69) is 4.98 Å². The Morgan fingerprint density at radius 3 is 2.26 bits per heavy atom. The number of nitrogens with zero attached hydrogens (tertiary/aromatic N) is 3. The molecule has 0 aliphatic rings. The number of hydrogen-bond acceptors (Lipinski definition) is 6. The maximum Gasteiger partial charge on any atom is 0.253 e. The van der Waals surface area contributed by atoms with Crippen molar-refractivity contribution in [2.45, 2.75) is 0 Å². The van der Waals surface area contributed by atoms with Crippen molar-refractivity contribution in [3.8, 4) is 17.4 Å². The number of aromatic amines is 1. The SMILES string of the molecule is COc1ccc(C(=Nc2ccc(C(=O)N(C)CCN(C)C)cc2)c2c(O)[nH]c3cc(Cl)ccc23)cc1OC. The van der Waals surface area contributed by atoms with Gasteiger partial charge in [-0.3, -0.25) is 4.79 Å². The lowest BCUT2D eigenvalue weighted by Crippen LogP contribution is -2.33. The largest absolute Gasteiger partial charge is 0.494 e. The minimum Gasteiger partial charge on any atom is -0.494 e. The van der Waals surface area contributed by atoms with Gasteiger partial charge in [0.15, 0.2) is 17.4 Å². The fourth-order valence-electron chi connectivity index (χ4n) is 4.12. The summed E-state index contributed by atoms with van der Waals surface area (Å²) in [5.74, 6) is 1.01. The number of rotatable bonds is 9. The summed E-state index contributed by atoms with van der Waals surface area (Å²) in [6, 6.07) is 17.9. The van der Waals surface area contributed by atoms with Gasteiger partial charge < -0.3 is 29.4 Å². The Bertz CT molecular complexity index is 1480. The molecule has 2 N–H and O–H groups in total. The molecule has 1 heterocycles. The standard InChI is InChI=1S/C29H31ClN4O4/c1-33(2)14-15-34(3)29(36)18-6-10-21(11-7-18)31-27(19-8-13-24(37-4)25(16-19)38-5)26-22-12-9-20(30)17-23(22)32-28(26)35/h6-13,16-17,32,35H,14-15H2,1-5H3. The molecule has 4 rings (SSSR count). The predicted octanol–water partition coefficient (Wildman–Crippen LogP) is 5.35. The van der Waals surface area contributed by atoms with Gasteiger partial charge >= 0.3 is 0 Å². The van der Waals surface area contributed by atoms with Crippen molar-refractivity contribution >= 4 is 39.8 Å². The molecule has 38 heavy (non-hydrogen) atoms. The van der Waals surface area contributed by atoms with Crippen molar-refractivity contribution in [3.63, 3.8) is 0 Å². The first kappa shape index (κ1) is 27.0. The molecule has 0 aliphatic carbocycles. The number of likely N-dealkylation sites (N-methyl/N-ethyl adjacent to an activating group) is 2. The monoisotopic (exact) mass is 534 g/mol. The van der Waals surface area contributed by atoms with Gasteiger partial charge in [0.05, 0.1) is 36.7 Å². The highest BCUT2D eigenvalue weighted by Crippen LogP contribution is 2.35. The van der Waals surface area contributed by atoms with Gasteiger partial charge in [0.1, 0.15) is 0 Å². The smallest absolute Gasteiger partial charge is 0.253 e. The number of carbonyl (C=O) groups is 1. The summed E-state index contributed by atoms with van der Waals surface area (Å²) in [7, 11) is 8.87. The van der Waals surface area contributed by atoms with Crippen molar-refractivity contribution in [1.82, 2.24) is 14.8 Å². The van der Waals surface area contributed by atoms with Crippen LogP contribution in [0.5, 0.6) is 17.4 Å². The molecule has 4 aromatic rings. The van der Waals surface area contributed by atoms with Crippen LogP contribution >= 0.6 is 11.6 Å². The Hall–Kier alpha value is -4.01. The molecule has 9 heteroatoms. The number of benzene rings is 3. The molecule has 198 valence electrons. The minimum absolute atomic E-state index is 0.0369. The van der Waals surface area contributed by atoms with E-state index < -0.39 is 0 Å². The quantitative estimate of drug-likeness (QED) is 0.283. The maximum atomic E-state index is 12.8. The Kier molecular flexibility index (Phi) is 8.24. The molecule has 0 aliphatic heterocycles. The molecule has 0 bridgehead atoms. The van der Waals surface area contributed by atoms with Crippen LogP contribution in [0.4, 0.5) is 5.69 Å². The van der Waals surface area contributed by atoms with E-state index in [0.29, 0.717) is 56.7 Å². The van der Waals surface area contributed by atoms with Crippen LogP contribution in [0.2, 0.25) is 5.02 Å². The number of fused-ring (bicyclic) bond motifs is 1. The number of aromatic nitrogens is 1. The van der Waals surface area contributed by atoms with Crippen LogP contribution in [0.25, 0.3) is 10.9 Å². The summed E-state index contributed by atoms with van der Waals surface area (Å²) in [5, 5.41) is 12.2. The van der Waals surface area contributed by atoms with E-state index >= 15 is 0 Å². The lowest BCUT2D eigenvalue weighted by Gasteiger charge is -2.19. The van der Waals surface area contributed by atoms with E-state index in [-0.39, 0.29) is 11.8 Å². The van der Waals surface area contributed by atoms with E-state index in [1.807, 2.05) is 37.2 Å². The van der Waals surface area contributed by atoms with Crippen LogP contribution in [0.3, 0.4) is 0 Å². The summed E-state index contributed by atoms with van der Waals surface area (Å²) in [6.45, 7) is 1.40. The van der Waals surface area contributed by atoms with E-state index in [0.717, 1.165) is 11.9 Å². The molecule has 0 atom stereocenters. The molecule has 0 radical (unpaired) electrons. The lowest BCUT2D eigenvalue weighted by molar-refractivity contribution is 0.0786. The Balaban J connectivity index is 1.79. The normalized spacial score (nSPS) is 11.7. The minimum atomic E-state index is -0.0614. The number of aromatic hydroxyl groups is 1. The van der Waals surface area contributed by atoms with Gasteiger partial charge in [-0.2, -0.15) is 0 Å². The van der Waals surface area contributed by atoms with Gasteiger partial charge in [0.2, 0.25) is 0 Å². The Labute approximate surface area is 227 Å². The average molecular weight is 535 g/mol. The highest BCUT2D eigenvalue weighted by molar-refractivity contribution is 6.31. The summed E-state index contributed by atoms with van der Waals surface area (Å²) < 4.78 is 10.9. The summed E-state index contributed by atoms with van der Waals surface area (Å²) in [5.41, 5.74) is 3.61. The van der Waals surface area contributed by atoms with Gasteiger partial charge in [0.25, 0.3) is 5.91 Å². The highest BCUT2D eigenvalue weighted by atomic mass is 35.5. The molecular formula is C29H31ClN4O4. The molecule has 0 spiro atoms. The van der Waals surface area contributed by atoms with E-state index in [9.17, 15) is 9.90 Å². The molecule has 0 saturated heterocycles. The number of halogens is 1. The predicted molar refractivity (Wildman–Crippen MR) is 152 cm³/mol. The van der Waals surface area contributed by atoms with Crippen molar-refractivity contribution in [1.29, 1.82) is 0 Å². The summed E-state index contributed by atoms with van der Waals surface area (Å²) in [6.07, 6.45) is 0. The van der Waals surface area contributed by atoms with E-state index in [1.165, 1.54) is 0 Å². The van der Waals surface area contributed by atoms with Gasteiger partial charge in [-0.25, -0.2) is 4.99 Å². The zero-order chi connectivity index (χ0) is 27.4. The van der Waals surface area contributed by atoms with Crippen LogP contribution in [-0.2, 0) is 0 Å². The first-order valence-electron chi connectivity index (χ1n) is 12.0. The van der Waals surface area contributed by atoms with Crippen LogP contribution in [0.1, 0.15) is 21.5 Å². The van der Waals surface area contributed by atoms with Crippen molar-refractivity contribution in [2.75, 3.05) is 48.5 Å². The van der Waals surface area contributed by atoms with Gasteiger partial charge in [0, 0.05) is 41.7 Å². The van der Waals surface area contributed by atoms with Gasteiger partial charge in [-0.05, 0) is 68.7 Å². The average Bonchev–Trinajstić information content (AvgIpc) is 3.24. The molecule has 3 aromatic carbocycles. The van der Waals surface area contributed by atoms with Crippen molar-refractivity contribution < 1.29 is 19.4 Å². The van der Waals surface area contributed by atoms with Crippen LogP contribution < -0.4 is 9.47 Å². The maximum absolute atomic E-state index is 12.8. The van der Waals surface area contributed by atoms with Gasteiger partial charge in [-0.1, -0.05) is 17.7 Å². The van der Waals surface area contributed by atoms with E-state index in [4.69, 9.17) is 26.1 Å². The van der Waals surface area contributed by atoms with Crippen LogP contribution in [0, 0.1) is 0 Å². The number of H-pyrrole nitrogens is 1. The van der Waals surface area contributed by atoms with Gasteiger partial charge in [-0.15, -0.1) is 0 Å². The lowest BCUT2D eigenvalue weighted by atomic mass is 10.00. The summed E-state index contributed by atoms with van der Waals surface area (Å²) >= 11 is 6.18. The molecule has 0 unspecified atom stereocenters. The molecule has 0 saturated carbocycles. The number of carbonyl (C=O) groups excluding carboxylic acids is 1. The van der Waals surface area contributed by atoms with Crippen LogP contribution in [-0.4, -0.2) is 80.0 Å². The number of methoxy groups -OCH3 is 2. The van der Waals surface area contributed by atoms with E-state index in [1.54, 1.807) is 68.6 Å². The zero-order valence-electron chi connectivity index (χ0n) is 22.1. The van der Waals surface area contributed by atoms with Crippen molar-refractivity contribution in [3.05, 3.63) is 82.4 Å². The number of aliphatic imine (C=N–C) groups is 1. The Morgan fingerprint density at radius 2 is 1.61 bits per heavy atom. The first-order valence-corrected chi connectivity index (χ1v) is 12.4. The number of nitrogens with one attached hydrogen (secondary N) is 1. The third-order valence-electron chi connectivity index (χ3n) is 6.22. The second-order valence-electron chi connectivity index (χ2n) is 9.15. The van der Waals surface area contributed by atoms with Crippen molar-refractivity contribution in [2.24, 2.45) is 4.99 Å². The molecule has 1 amide bonds. The molecular weight excluding hydrogens is 504 g/mol. The molecule has 1 aromatic heterocycles. The highest BCUT2D eigenvalue weighted by Gasteiger charge is 2.21.